The van der Waals surface area contributed by atoms with E-state index in [9.17, 15) is 0 Å². The van der Waals surface area contributed by atoms with Crippen LogP contribution in [0.25, 0.3) is 0 Å². The molecule has 0 aliphatic carbocycles. The third kappa shape index (κ3) is 4.00. The van der Waals surface area contributed by atoms with Crippen molar-refractivity contribution >= 4 is 11.8 Å². The molecule has 2 rings (SSSR count). The van der Waals surface area contributed by atoms with Gasteiger partial charge in [0.25, 0.3) is 0 Å². The summed E-state index contributed by atoms with van der Waals surface area (Å²) >= 11 is 1.94. The van der Waals surface area contributed by atoms with Crippen LogP contribution in [-0.4, -0.2) is 21.5 Å². The number of aromatic nitrogens is 2. The highest BCUT2D eigenvalue weighted by Crippen LogP contribution is 2.37. The zero-order valence-electron chi connectivity index (χ0n) is 10.8. The molecule has 4 nitrogen and oxygen atoms in total. The van der Waals surface area contributed by atoms with Crippen molar-refractivity contribution in [3.05, 3.63) is 11.8 Å². The Balaban J connectivity index is 1.91. The largest absolute Gasteiger partial charge is 0.423 e. The van der Waals surface area contributed by atoms with Gasteiger partial charge in [0.1, 0.15) is 0 Å². The van der Waals surface area contributed by atoms with Crippen molar-refractivity contribution in [3.63, 3.8) is 0 Å². The van der Waals surface area contributed by atoms with Crippen LogP contribution < -0.4 is 5.32 Å². The second kappa shape index (κ2) is 5.40. The van der Waals surface area contributed by atoms with Crippen LogP contribution in [0.3, 0.4) is 0 Å². The Morgan fingerprint density at radius 3 is 2.82 bits per heavy atom. The SMILES string of the molecule is CC(C)(C)NCc1nnc(C2CCCCS2)o1. The molecular formula is C12H21N3OS. The predicted octanol–water partition coefficient (Wildman–Crippen LogP) is 2.92. The smallest absolute Gasteiger partial charge is 0.230 e. The summed E-state index contributed by atoms with van der Waals surface area (Å²) in [7, 11) is 0. The quantitative estimate of drug-likeness (QED) is 0.900. The van der Waals surface area contributed by atoms with Gasteiger partial charge in [0, 0.05) is 5.54 Å². The molecular weight excluding hydrogens is 234 g/mol. The molecule has 1 aromatic rings. The molecule has 0 amide bonds. The number of nitrogens with one attached hydrogen (secondary N) is 1. The molecule has 0 spiro atoms. The number of hydrogen-bond donors (Lipinski definition) is 1. The fourth-order valence-electron chi connectivity index (χ4n) is 1.74. The van der Waals surface area contributed by atoms with Crippen molar-refractivity contribution in [2.45, 2.75) is 57.4 Å². The molecule has 2 heterocycles. The minimum atomic E-state index is 0.0776. The van der Waals surface area contributed by atoms with Gasteiger partial charge in [0.2, 0.25) is 11.8 Å². The van der Waals surface area contributed by atoms with Crippen molar-refractivity contribution in [1.29, 1.82) is 0 Å². The topological polar surface area (TPSA) is 51.0 Å². The lowest BCUT2D eigenvalue weighted by Crippen LogP contribution is -2.35. The monoisotopic (exact) mass is 255 g/mol. The summed E-state index contributed by atoms with van der Waals surface area (Å²) in [6.07, 6.45) is 3.75. The Bertz CT molecular complexity index is 353. The molecule has 1 N–H and O–H groups in total. The first kappa shape index (κ1) is 12.9. The fourth-order valence-corrected chi connectivity index (χ4v) is 2.97. The van der Waals surface area contributed by atoms with Crippen molar-refractivity contribution in [2.24, 2.45) is 0 Å². The van der Waals surface area contributed by atoms with Gasteiger partial charge in [-0.25, -0.2) is 0 Å². The second-order valence-corrected chi connectivity index (χ2v) is 6.80. The van der Waals surface area contributed by atoms with E-state index in [1.165, 1.54) is 25.0 Å². The van der Waals surface area contributed by atoms with Crippen LogP contribution in [0, 0.1) is 0 Å². The molecule has 0 saturated carbocycles. The van der Waals surface area contributed by atoms with Gasteiger partial charge >= 0.3 is 0 Å². The molecule has 96 valence electrons. The molecule has 5 heteroatoms. The van der Waals surface area contributed by atoms with E-state index in [1.807, 2.05) is 11.8 Å². The molecule has 1 aliphatic rings. The summed E-state index contributed by atoms with van der Waals surface area (Å²) < 4.78 is 5.71. The summed E-state index contributed by atoms with van der Waals surface area (Å²) in [5.74, 6) is 2.71. The zero-order chi connectivity index (χ0) is 12.3. The number of rotatable bonds is 3. The molecule has 1 atom stereocenters. The first-order valence-corrected chi connectivity index (χ1v) is 7.28. The predicted molar refractivity (Wildman–Crippen MR) is 69.9 cm³/mol. The van der Waals surface area contributed by atoms with Gasteiger partial charge in [-0.3, -0.25) is 0 Å². The summed E-state index contributed by atoms with van der Waals surface area (Å²) in [6, 6.07) is 0. The summed E-state index contributed by atoms with van der Waals surface area (Å²) in [5.41, 5.74) is 0.0776. The third-order valence-corrected chi connectivity index (χ3v) is 4.07. The Morgan fingerprint density at radius 1 is 1.35 bits per heavy atom. The molecule has 1 fully saturated rings. The Hall–Kier alpha value is -0.550. The standard InChI is InChI=1S/C12H21N3OS/c1-12(2,3)13-8-10-14-15-11(16-10)9-6-4-5-7-17-9/h9,13H,4-8H2,1-3H3. The minimum absolute atomic E-state index is 0.0776. The van der Waals surface area contributed by atoms with Crippen LogP contribution in [0.1, 0.15) is 57.1 Å². The molecule has 0 aromatic carbocycles. The van der Waals surface area contributed by atoms with Gasteiger partial charge in [-0.1, -0.05) is 6.42 Å². The molecule has 1 aromatic heterocycles. The highest BCUT2D eigenvalue weighted by molar-refractivity contribution is 7.99. The van der Waals surface area contributed by atoms with Crippen LogP contribution >= 0.6 is 11.8 Å². The molecule has 1 aliphatic heterocycles. The highest BCUT2D eigenvalue weighted by atomic mass is 32.2. The van der Waals surface area contributed by atoms with Crippen LogP contribution in [-0.2, 0) is 6.54 Å². The number of thioether (sulfide) groups is 1. The van der Waals surface area contributed by atoms with Crippen molar-refractivity contribution < 1.29 is 4.42 Å². The van der Waals surface area contributed by atoms with Gasteiger partial charge in [0.05, 0.1) is 11.8 Å². The average Bonchev–Trinajstić information content (AvgIpc) is 2.75. The van der Waals surface area contributed by atoms with Crippen LogP contribution in [0.2, 0.25) is 0 Å². The molecule has 1 saturated heterocycles. The second-order valence-electron chi connectivity index (χ2n) is 5.49. The van der Waals surface area contributed by atoms with E-state index in [4.69, 9.17) is 4.42 Å². The summed E-state index contributed by atoms with van der Waals surface area (Å²) in [4.78, 5) is 0. The number of nitrogens with zero attached hydrogens (tertiary/aromatic N) is 2. The van der Waals surface area contributed by atoms with Gasteiger partial charge in [0.15, 0.2) is 0 Å². The molecule has 0 bridgehead atoms. The van der Waals surface area contributed by atoms with E-state index in [-0.39, 0.29) is 5.54 Å². The maximum absolute atomic E-state index is 5.71. The van der Waals surface area contributed by atoms with Crippen LogP contribution in [0.5, 0.6) is 0 Å². The van der Waals surface area contributed by atoms with E-state index in [0.717, 1.165) is 5.89 Å². The first-order valence-electron chi connectivity index (χ1n) is 6.23. The lowest BCUT2D eigenvalue weighted by atomic mass is 10.1. The van der Waals surface area contributed by atoms with Gasteiger partial charge in [-0.05, 0) is 39.4 Å². The minimum Gasteiger partial charge on any atom is -0.423 e. The lowest BCUT2D eigenvalue weighted by molar-refractivity contribution is 0.368. The summed E-state index contributed by atoms with van der Waals surface area (Å²) in [6.45, 7) is 7.03. The third-order valence-electron chi connectivity index (χ3n) is 2.71. The molecule has 1 unspecified atom stereocenters. The first-order chi connectivity index (χ1) is 8.04. The zero-order valence-corrected chi connectivity index (χ0v) is 11.6. The average molecular weight is 255 g/mol. The molecule has 0 radical (unpaired) electrons. The molecule has 17 heavy (non-hydrogen) atoms. The van der Waals surface area contributed by atoms with E-state index in [2.05, 4.69) is 36.3 Å². The maximum atomic E-state index is 5.71. The van der Waals surface area contributed by atoms with E-state index < -0.39 is 0 Å². The van der Waals surface area contributed by atoms with Crippen molar-refractivity contribution in [1.82, 2.24) is 15.5 Å². The Morgan fingerprint density at radius 2 is 2.18 bits per heavy atom. The van der Waals surface area contributed by atoms with Crippen molar-refractivity contribution in [3.8, 4) is 0 Å². The van der Waals surface area contributed by atoms with Gasteiger partial charge < -0.3 is 9.73 Å². The normalized spacial score (nSPS) is 21.7. The van der Waals surface area contributed by atoms with Gasteiger partial charge in [-0.2, -0.15) is 0 Å². The maximum Gasteiger partial charge on any atom is 0.230 e. The highest BCUT2D eigenvalue weighted by Gasteiger charge is 2.22. The van der Waals surface area contributed by atoms with E-state index in [1.54, 1.807) is 0 Å². The Labute approximate surface area is 107 Å². The summed E-state index contributed by atoms with van der Waals surface area (Å²) in [5, 5.41) is 12.0. The van der Waals surface area contributed by atoms with Gasteiger partial charge in [-0.15, -0.1) is 22.0 Å². The van der Waals surface area contributed by atoms with Crippen LogP contribution in [0.15, 0.2) is 4.42 Å². The lowest BCUT2D eigenvalue weighted by Gasteiger charge is -2.19. The van der Waals surface area contributed by atoms with Crippen molar-refractivity contribution in [2.75, 3.05) is 5.75 Å². The van der Waals surface area contributed by atoms with Crippen LogP contribution in [0.4, 0.5) is 0 Å². The fraction of sp³-hybridized carbons (Fsp3) is 0.833. The van der Waals surface area contributed by atoms with E-state index in [0.29, 0.717) is 17.7 Å². The Kier molecular flexibility index (Phi) is 4.09. The van der Waals surface area contributed by atoms with E-state index >= 15 is 0 Å². The number of hydrogen-bond acceptors (Lipinski definition) is 5.